The third-order valence-electron chi connectivity index (χ3n) is 4.90. The molecule has 0 atom stereocenters. The first-order chi connectivity index (χ1) is 16.8. The Balaban J connectivity index is 1.47. The van der Waals surface area contributed by atoms with Gasteiger partial charge in [-0.1, -0.05) is 0 Å². The first kappa shape index (κ1) is 23.8. The van der Waals surface area contributed by atoms with Crippen molar-refractivity contribution in [2.75, 3.05) is 16.6 Å². The number of nitrogens with zero attached hydrogens (tertiary/aromatic N) is 4. The molecule has 2 N–H and O–H groups in total. The van der Waals surface area contributed by atoms with Crippen LogP contribution >= 0.6 is 0 Å². The maximum Gasteiger partial charge on any atom is 0.261 e. The smallest absolute Gasteiger partial charge is 0.261 e. The molecular weight excluding hydrogens is 475 g/mol. The van der Waals surface area contributed by atoms with Crippen LogP contribution in [0.2, 0.25) is 0 Å². The van der Waals surface area contributed by atoms with Gasteiger partial charge < -0.3 is 10.1 Å². The number of carbonyl (C=O) groups is 1. The first-order valence-corrected chi connectivity index (χ1v) is 12.0. The van der Waals surface area contributed by atoms with Gasteiger partial charge in [0.05, 0.1) is 11.5 Å². The summed E-state index contributed by atoms with van der Waals surface area (Å²) in [5.74, 6) is -0.0531. The van der Waals surface area contributed by atoms with Gasteiger partial charge in [-0.3, -0.25) is 9.52 Å². The van der Waals surface area contributed by atoms with E-state index in [0.717, 1.165) is 0 Å². The third-order valence-corrected chi connectivity index (χ3v) is 6.30. The van der Waals surface area contributed by atoms with Crippen LogP contribution in [0.3, 0.4) is 0 Å². The summed E-state index contributed by atoms with van der Waals surface area (Å²) in [6.07, 6.45) is 0. The Morgan fingerprint density at radius 1 is 1.03 bits per heavy atom. The van der Waals surface area contributed by atoms with Crippen LogP contribution in [0.5, 0.6) is 5.75 Å². The average molecular weight is 497 g/mol. The normalized spacial score (nSPS) is 11.2. The van der Waals surface area contributed by atoms with Crippen molar-refractivity contribution in [2.24, 2.45) is 0 Å². The number of halogens is 1. The van der Waals surface area contributed by atoms with E-state index in [9.17, 15) is 17.6 Å². The quantitative estimate of drug-likeness (QED) is 0.382. The predicted octanol–water partition coefficient (Wildman–Crippen LogP) is 3.56. The number of hydrogen-bond donors (Lipinski definition) is 2. The van der Waals surface area contributed by atoms with E-state index in [2.05, 4.69) is 25.6 Å². The lowest BCUT2D eigenvalue weighted by atomic mass is 10.2. The van der Waals surface area contributed by atoms with Crippen LogP contribution in [0, 0.1) is 12.7 Å². The number of hydrogen-bond acceptors (Lipinski definition) is 7. The zero-order valence-electron chi connectivity index (χ0n) is 18.8. The van der Waals surface area contributed by atoms with Crippen LogP contribution in [0.15, 0.2) is 71.6 Å². The molecule has 1 amide bonds. The van der Waals surface area contributed by atoms with E-state index in [1.807, 2.05) is 6.92 Å². The van der Waals surface area contributed by atoms with E-state index in [1.165, 1.54) is 47.1 Å². The van der Waals surface area contributed by atoms with Gasteiger partial charge in [0, 0.05) is 16.9 Å². The fraction of sp³-hybridized carbons (Fsp3) is 0.130. The van der Waals surface area contributed by atoms with E-state index in [-0.39, 0.29) is 16.1 Å². The summed E-state index contributed by atoms with van der Waals surface area (Å²) in [7, 11) is -3.87. The Morgan fingerprint density at radius 3 is 2.34 bits per heavy atom. The minimum Gasteiger partial charge on any atom is -0.494 e. The Hall–Kier alpha value is -4.32. The molecule has 0 aliphatic heterocycles. The van der Waals surface area contributed by atoms with Gasteiger partial charge in [0.15, 0.2) is 5.82 Å². The minimum absolute atomic E-state index is 0.0128. The summed E-state index contributed by atoms with van der Waals surface area (Å²) in [6.45, 7) is 3.98. The van der Waals surface area contributed by atoms with Gasteiger partial charge >= 0.3 is 0 Å². The van der Waals surface area contributed by atoms with Crippen molar-refractivity contribution >= 4 is 27.3 Å². The topological polar surface area (TPSA) is 128 Å². The van der Waals surface area contributed by atoms with E-state index >= 15 is 0 Å². The number of anilines is 2. The highest BCUT2D eigenvalue weighted by molar-refractivity contribution is 7.92. The van der Waals surface area contributed by atoms with Gasteiger partial charge in [-0.05, 0) is 91.0 Å². The highest BCUT2D eigenvalue weighted by Gasteiger charge is 2.16. The van der Waals surface area contributed by atoms with Crippen molar-refractivity contribution in [3.05, 3.63) is 83.9 Å². The Kier molecular flexibility index (Phi) is 6.73. The molecular formula is C23H21FN6O4S. The number of ether oxygens (including phenoxy) is 1. The van der Waals surface area contributed by atoms with Gasteiger partial charge in [-0.2, -0.15) is 4.68 Å². The lowest BCUT2D eigenvalue weighted by Crippen LogP contribution is -2.15. The van der Waals surface area contributed by atoms with Crippen molar-refractivity contribution in [1.82, 2.24) is 20.2 Å². The molecule has 35 heavy (non-hydrogen) atoms. The monoisotopic (exact) mass is 496 g/mol. The summed E-state index contributed by atoms with van der Waals surface area (Å²) in [5.41, 5.74) is 0.983. The molecule has 4 rings (SSSR count). The SMILES string of the molecule is CCOc1ccc(NS(=O)(=O)c2ccc(C(=O)Nc3ccc(F)c(-n4nnnc4C)c3)cc2)cc1. The predicted molar refractivity (Wildman–Crippen MR) is 127 cm³/mol. The lowest BCUT2D eigenvalue weighted by molar-refractivity contribution is 0.102. The lowest BCUT2D eigenvalue weighted by Gasteiger charge is -2.11. The third kappa shape index (κ3) is 5.44. The van der Waals surface area contributed by atoms with Crippen LogP contribution in [0.25, 0.3) is 5.69 Å². The maximum atomic E-state index is 14.2. The minimum atomic E-state index is -3.87. The molecule has 12 heteroatoms. The van der Waals surface area contributed by atoms with Crippen molar-refractivity contribution in [2.45, 2.75) is 18.7 Å². The highest BCUT2D eigenvalue weighted by Crippen LogP contribution is 2.22. The van der Waals surface area contributed by atoms with Crippen LogP contribution in [0.4, 0.5) is 15.8 Å². The summed E-state index contributed by atoms with van der Waals surface area (Å²) in [5, 5.41) is 13.6. The summed E-state index contributed by atoms with van der Waals surface area (Å²) in [4.78, 5) is 12.7. The summed E-state index contributed by atoms with van der Waals surface area (Å²) in [6, 6.07) is 15.9. The molecule has 10 nitrogen and oxygen atoms in total. The van der Waals surface area contributed by atoms with Crippen LogP contribution in [-0.2, 0) is 10.0 Å². The molecule has 0 bridgehead atoms. The number of sulfonamides is 1. The van der Waals surface area contributed by atoms with Crippen LogP contribution in [0.1, 0.15) is 23.1 Å². The van der Waals surface area contributed by atoms with Crippen LogP contribution < -0.4 is 14.8 Å². The molecule has 0 spiro atoms. The Labute approximate surface area is 200 Å². The molecule has 180 valence electrons. The number of amides is 1. The molecule has 4 aromatic rings. The molecule has 1 aromatic heterocycles. The van der Waals surface area contributed by atoms with E-state index in [4.69, 9.17) is 4.74 Å². The fourth-order valence-electron chi connectivity index (χ4n) is 3.20. The van der Waals surface area contributed by atoms with Gasteiger partial charge in [-0.25, -0.2) is 12.8 Å². The number of tetrazole rings is 1. The number of aromatic nitrogens is 4. The molecule has 0 unspecified atom stereocenters. The molecule has 1 heterocycles. The molecule has 3 aromatic carbocycles. The van der Waals surface area contributed by atoms with Crippen molar-refractivity contribution in [3.63, 3.8) is 0 Å². The van der Waals surface area contributed by atoms with Gasteiger partial charge in [0.2, 0.25) is 0 Å². The number of rotatable bonds is 8. The molecule has 0 fully saturated rings. The molecule has 0 radical (unpaired) electrons. The molecule has 0 saturated carbocycles. The molecule has 0 aliphatic rings. The number of aryl methyl sites for hydroxylation is 1. The fourth-order valence-corrected chi connectivity index (χ4v) is 4.25. The second kappa shape index (κ2) is 9.89. The maximum absolute atomic E-state index is 14.2. The highest BCUT2D eigenvalue weighted by atomic mass is 32.2. The van der Waals surface area contributed by atoms with E-state index in [0.29, 0.717) is 29.6 Å². The van der Waals surface area contributed by atoms with Gasteiger partial charge in [0.25, 0.3) is 15.9 Å². The Bertz CT molecular complexity index is 1450. The Morgan fingerprint density at radius 2 is 1.71 bits per heavy atom. The average Bonchev–Trinajstić information content (AvgIpc) is 3.27. The summed E-state index contributed by atoms with van der Waals surface area (Å²) < 4.78 is 48.7. The number of benzene rings is 3. The van der Waals surface area contributed by atoms with Crippen molar-refractivity contribution in [3.8, 4) is 11.4 Å². The van der Waals surface area contributed by atoms with Gasteiger partial charge in [-0.15, -0.1) is 5.10 Å². The van der Waals surface area contributed by atoms with E-state index in [1.54, 1.807) is 31.2 Å². The van der Waals surface area contributed by atoms with Crippen molar-refractivity contribution in [1.29, 1.82) is 0 Å². The summed E-state index contributed by atoms with van der Waals surface area (Å²) >= 11 is 0. The number of nitrogens with one attached hydrogen (secondary N) is 2. The molecule has 0 saturated heterocycles. The zero-order valence-corrected chi connectivity index (χ0v) is 19.6. The van der Waals surface area contributed by atoms with Gasteiger partial charge in [0.1, 0.15) is 17.3 Å². The van der Waals surface area contributed by atoms with Crippen LogP contribution in [-0.4, -0.2) is 41.1 Å². The standard InChI is InChI=1S/C23H21FN6O4S/c1-3-34-19-9-6-17(7-10-19)27-35(32,33)20-11-4-16(5-12-20)23(31)25-18-8-13-21(24)22(14-18)30-15(2)26-28-29-30/h4-14,27H,3H2,1-2H3,(H,25,31). The second-order valence-electron chi connectivity index (χ2n) is 7.35. The largest absolute Gasteiger partial charge is 0.494 e. The number of carbonyl (C=O) groups excluding carboxylic acids is 1. The molecule has 0 aliphatic carbocycles. The zero-order chi connectivity index (χ0) is 25.0. The van der Waals surface area contributed by atoms with E-state index < -0.39 is 21.7 Å². The van der Waals surface area contributed by atoms with Crippen molar-refractivity contribution < 1.29 is 22.3 Å². The second-order valence-corrected chi connectivity index (χ2v) is 9.03. The first-order valence-electron chi connectivity index (χ1n) is 10.5.